The molecule has 0 saturated carbocycles. The predicted octanol–water partition coefficient (Wildman–Crippen LogP) is 4.95. The quantitative estimate of drug-likeness (QED) is 0.186. The minimum absolute atomic E-state index is 0. The van der Waals surface area contributed by atoms with Gasteiger partial charge in [0.2, 0.25) is 0 Å². The molecular formula is C22H17F3NO3S2+. The minimum Gasteiger partial charge on any atom is -0.236 e. The molecule has 4 aromatic rings. The van der Waals surface area contributed by atoms with Crippen LogP contribution in [0.5, 0.6) is 0 Å². The number of nitrogens with zero attached hydrogens (tertiary/aromatic N) is 1. The molecule has 4 nitrogen and oxygen atoms in total. The van der Waals surface area contributed by atoms with Crippen LogP contribution in [0.1, 0.15) is 12.5 Å². The molecule has 31 heavy (non-hydrogen) atoms. The van der Waals surface area contributed by atoms with Crippen LogP contribution in [0, 0.1) is 11.3 Å². The zero-order valence-electron chi connectivity index (χ0n) is 16.1. The Bertz CT molecular complexity index is 1460. The number of fused-ring (bicyclic) bond motifs is 3. The molecular weight excluding hydrogens is 447 g/mol. The van der Waals surface area contributed by atoms with Crippen molar-refractivity contribution in [2.45, 2.75) is 18.0 Å². The molecule has 0 aliphatic heterocycles. The highest BCUT2D eigenvalue weighted by Gasteiger charge is 2.52. The second-order valence-corrected chi connectivity index (χ2v) is 8.56. The highest BCUT2D eigenvalue weighted by molar-refractivity contribution is 7.87. The molecule has 4 aromatic carbocycles. The molecule has 0 aromatic heterocycles. The third-order valence-corrected chi connectivity index (χ3v) is 6.10. The maximum Gasteiger partial charge on any atom is 0.523 e. The Labute approximate surface area is 183 Å². The van der Waals surface area contributed by atoms with E-state index in [1.54, 1.807) is 36.4 Å². The molecule has 0 spiro atoms. The summed E-state index contributed by atoms with van der Waals surface area (Å²) in [6.45, 7) is 1.03. The summed E-state index contributed by atoms with van der Waals surface area (Å²) in [5.41, 5.74) is -8.00. The van der Waals surface area contributed by atoms with E-state index in [-0.39, 0.29) is 19.1 Å². The Morgan fingerprint density at radius 2 is 1.35 bits per heavy atom. The van der Waals surface area contributed by atoms with E-state index < -0.39 is 21.2 Å². The smallest absolute Gasteiger partial charge is 0.236 e. The molecule has 4 rings (SSSR count). The van der Waals surface area contributed by atoms with Crippen LogP contribution in [0.4, 0.5) is 13.2 Å². The van der Waals surface area contributed by atoms with Gasteiger partial charge in [0, 0.05) is 5.56 Å². The zero-order chi connectivity index (χ0) is 21.7. The van der Waals surface area contributed by atoms with E-state index in [4.69, 9.17) is 0 Å². The molecule has 0 aliphatic carbocycles. The summed E-state index contributed by atoms with van der Waals surface area (Å²) in [7, 11) is -6.02. The third-order valence-electron chi connectivity index (χ3n) is 4.98. The number of alkyl halides is 3. The lowest BCUT2D eigenvalue weighted by Crippen LogP contribution is -2.35. The molecule has 0 amide bonds. The van der Waals surface area contributed by atoms with Crippen molar-refractivity contribution in [1.29, 1.82) is 5.26 Å². The van der Waals surface area contributed by atoms with Gasteiger partial charge < -0.3 is 0 Å². The second-order valence-electron chi connectivity index (χ2n) is 7.02. The van der Waals surface area contributed by atoms with E-state index in [2.05, 4.69) is 4.18 Å². The van der Waals surface area contributed by atoms with Crippen LogP contribution >= 0.6 is 0 Å². The lowest BCUT2D eigenvalue weighted by molar-refractivity contribution is -0.0603. The Morgan fingerprint density at radius 3 is 1.94 bits per heavy atom. The van der Waals surface area contributed by atoms with E-state index in [1.165, 1.54) is 0 Å². The van der Waals surface area contributed by atoms with Gasteiger partial charge in [0.05, 0.1) is 0 Å². The maximum atomic E-state index is 13.0. The summed E-state index contributed by atoms with van der Waals surface area (Å²) in [5, 5.41) is 13.6. The van der Waals surface area contributed by atoms with Gasteiger partial charge in [-0.3, -0.25) is 0 Å². The summed E-state index contributed by atoms with van der Waals surface area (Å²) >= 11 is 0. The highest BCUT2D eigenvalue weighted by atomic mass is 32.2. The first-order valence-electron chi connectivity index (χ1n) is 8.84. The maximum absolute atomic E-state index is 13.0. The van der Waals surface area contributed by atoms with E-state index in [0.717, 1.165) is 17.7 Å². The Morgan fingerprint density at radius 1 is 0.839 bits per heavy atom. The van der Waals surface area contributed by atoms with Gasteiger partial charge in [-0.2, -0.15) is 26.9 Å². The fraction of sp³-hybridized carbons (Fsp3) is 0.136. The third kappa shape index (κ3) is 3.83. The molecule has 1 atom stereocenters. The molecule has 160 valence electrons. The minimum atomic E-state index is -6.02. The monoisotopic (exact) mass is 464 g/mol. The largest absolute Gasteiger partial charge is 0.523 e. The van der Waals surface area contributed by atoms with E-state index in [1.807, 2.05) is 36.4 Å². The second kappa shape index (κ2) is 7.71. The van der Waals surface area contributed by atoms with E-state index >= 15 is 0 Å². The average molecular weight is 465 g/mol. The Kier molecular flexibility index (Phi) is 5.69. The van der Waals surface area contributed by atoms with Crippen molar-refractivity contribution >= 4 is 55.9 Å². The van der Waals surface area contributed by atoms with Crippen molar-refractivity contribution in [3.05, 3.63) is 72.3 Å². The van der Waals surface area contributed by atoms with Gasteiger partial charge in [0.1, 0.15) is 6.07 Å². The first-order chi connectivity index (χ1) is 14.1. The standard InChI is InChI=1S/C22H14F3NO3S.H2S/c1-21(13-26,29-30(27,28)22(23,24)25)20-18-9-5-4-8-16(18)11-17-10-14-6-2-3-7-15(14)12-19(17)20;/h2-12H,1H3;1H2/p+1. The molecule has 0 fully saturated rings. The lowest BCUT2D eigenvalue weighted by atomic mass is 9.86. The van der Waals surface area contributed by atoms with Gasteiger partial charge in [0.15, 0.2) is 5.60 Å². The van der Waals surface area contributed by atoms with Crippen molar-refractivity contribution in [3.8, 4) is 6.07 Å². The molecule has 1 unspecified atom stereocenters. The summed E-state index contributed by atoms with van der Waals surface area (Å²) in [6.07, 6.45) is 0. The number of nitriles is 1. The van der Waals surface area contributed by atoms with Gasteiger partial charge in [-0.1, -0.05) is 62.0 Å². The van der Waals surface area contributed by atoms with Gasteiger partial charge in [0.25, 0.3) is 0 Å². The summed E-state index contributed by atoms with van der Waals surface area (Å²) < 4.78 is 67.2. The van der Waals surface area contributed by atoms with Gasteiger partial charge in [-0.25, -0.2) is 4.18 Å². The van der Waals surface area contributed by atoms with Crippen LogP contribution in [0.2, 0.25) is 0 Å². The van der Waals surface area contributed by atoms with Crippen molar-refractivity contribution < 1.29 is 25.8 Å². The number of hydrogen-bond acceptors (Lipinski definition) is 4. The summed E-state index contributed by atoms with van der Waals surface area (Å²) in [4.78, 5) is 0. The van der Waals surface area contributed by atoms with Crippen molar-refractivity contribution in [3.63, 3.8) is 0 Å². The lowest BCUT2D eigenvalue weighted by Gasteiger charge is -2.26. The van der Waals surface area contributed by atoms with Gasteiger partial charge in [-0.15, -0.1) is 0 Å². The van der Waals surface area contributed by atoms with Crippen molar-refractivity contribution in [2.75, 3.05) is 0 Å². The van der Waals surface area contributed by atoms with Gasteiger partial charge >= 0.3 is 15.6 Å². The van der Waals surface area contributed by atoms with Gasteiger partial charge in [-0.05, 0) is 57.4 Å². The number of rotatable bonds is 3. The van der Waals surface area contributed by atoms with Crippen LogP contribution in [-0.2, 0) is 33.4 Å². The highest BCUT2D eigenvalue weighted by Crippen LogP contribution is 2.42. The van der Waals surface area contributed by atoms with Crippen LogP contribution in [-0.4, -0.2) is 13.9 Å². The topological polar surface area (TPSA) is 67.2 Å². The Hall–Kier alpha value is -2.80. The first-order valence-corrected chi connectivity index (χ1v) is 10.2. The normalized spacial score (nSPS) is 14.2. The van der Waals surface area contributed by atoms with Crippen LogP contribution in [0.3, 0.4) is 0 Å². The van der Waals surface area contributed by atoms with E-state index in [9.17, 15) is 26.9 Å². The van der Waals surface area contributed by atoms with Crippen LogP contribution in [0.15, 0.2) is 66.7 Å². The zero-order valence-corrected chi connectivity index (χ0v) is 18.1. The first kappa shape index (κ1) is 22.9. The van der Waals surface area contributed by atoms with Crippen molar-refractivity contribution in [1.82, 2.24) is 0 Å². The molecule has 0 radical (unpaired) electrons. The molecule has 0 aliphatic rings. The fourth-order valence-electron chi connectivity index (χ4n) is 3.65. The molecule has 0 heterocycles. The van der Waals surface area contributed by atoms with Crippen LogP contribution < -0.4 is 0 Å². The number of hydrogen-bond donors (Lipinski definition) is 0. The summed E-state index contributed by atoms with van der Waals surface area (Å²) in [5.74, 6) is 0. The van der Waals surface area contributed by atoms with Crippen LogP contribution in [0.25, 0.3) is 32.3 Å². The molecule has 0 saturated heterocycles. The Balaban J connectivity index is 0.00000272. The predicted molar refractivity (Wildman–Crippen MR) is 120 cm³/mol. The SMILES string of the molecule is CC(C#N)(OS(=O)(=O)C(F)(F)F)c1c2ccccc2cc2cc3ccccc3cc12.[SH3+]. The van der Waals surface area contributed by atoms with Crippen molar-refractivity contribution in [2.24, 2.45) is 0 Å². The summed E-state index contributed by atoms with van der Waals surface area (Å²) in [6, 6.07) is 21.2. The number of halogens is 3. The molecule has 9 heteroatoms. The molecule has 0 N–H and O–H groups in total. The number of benzene rings is 4. The average Bonchev–Trinajstić information content (AvgIpc) is 2.69. The van der Waals surface area contributed by atoms with E-state index in [0.29, 0.717) is 21.5 Å². The molecule has 0 bridgehead atoms. The fourth-order valence-corrected chi connectivity index (χ4v) is 4.31.